The van der Waals surface area contributed by atoms with Crippen LogP contribution in [0.4, 0.5) is 5.69 Å². The van der Waals surface area contributed by atoms with Gasteiger partial charge in [0.05, 0.1) is 29.3 Å². The number of rotatable bonds is 5. The van der Waals surface area contributed by atoms with E-state index in [1.165, 1.54) is 17.7 Å². The maximum Gasteiger partial charge on any atom is 0.337 e. The van der Waals surface area contributed by atoms with Gasteiger partial charge in [-0.3, -0.25) is 10.1 Å². The minimum atomic E-state index is -0.606. The molecule has 0 N–H and O–H groups in total. The molecule has 6 atom stereocenters. The number of non-ortho nitro benzene ring substituents is 1. The number of nitro groups is 1. The number of hydrogen-bond donors (Lipinski definition) is 0. The molecule has 8 nitrogen and oxygen atoms in total. The van der Waals surface area contributed by atoms with Gasteiger partial charge in [0.15, 0.2) is 11.9 Å². The van der Waals surface area contributed by atoms with Crippen LogP contribution in [0.5, 0.6) is 5.75 Å². The summed E-state index contributed by atoms with van der Waals surface area (Å²) in [5, 5.41) is 11.1. The number of ether oxygens (including phenoxy) is 4. The van der Waals surface area contributed by atoms with Crippen LogP contribution in [0.25, 0.3) is 0 Å². The molecule has 2 aliphatic carbocycles. The smallest absolute Gasteiger partial charge is 0.337 e. The molecule has 4 fully saturated rings. The Labute approximate surface area is 218 Å². The molecule has 0 bridgehead atoms. The molecular formula is C29H37NO7. The molecule has 1 aromatic rings. The second kappa shape index (κ2) is 9.24. The van der Waals surface area contributed by atoms with E-state index < -0.39 is 22.8 Å². The van der Waals surface area contributed by atoms with Gasteiger partial charge < -0.3 is 18.9 Å². The molecule has 2 unspecified atom stereocenters. The first-order chi connectivity index (χ1) is 17.4. The second-order valence-corrected chi connectivity index (χ2v) is 12.0. The molecule has 4 aliphatic rings. The summed E-state index contributed by atoms with van der Waals surface area (Å²) in [6.07, 6.45) is 6.17. The molecule has 8 heteroatoms. The Balaban J connectivity index is 1.37. The summed E-state index contributed by atoms with van der Waals surface area (Å²) >= 11 is 0. The van der Waals surface area contributed by atoms with Crippen molar-refractivity contribution in [1.82, 2.24) is 0 Å². The monoisotopic (exact) mass is 511 g/mol. The number of fused-ring (bicyclic) bond motifs is 3. The lowest BCUT2D eigenvalue weighted by Gasteiger charge is -2.63. The first kappa shape index (κ1) is 25.9. The topological polar surface area (TPSA) is 97.1 Å². The first-order valence-electron chi connectivity index (χ1n) is 13.2. The van der Waals surface area contributed by atoms with Crippen molar-refractivity contribution in [3.8, 4) is 5.75 Å². The summed E-state index contributed by atoms with van der Waals surface area (Å²) < 4.78 is 23.9. The van der Waals surface area contributed by atoms with Crippen LogP contribution in [0.2, 0.25) is 0 Å². The van der Waals surface area contributed by atoms with Gasteiger partial charge in [0.1, 0.15) is 12.4 Å². The fourth-order valence-electron chi connectivity index (χ4n) is 7.35. The third kappa shape index (κ3) is 4.59. The van der Waals surface area contributed by atoms with Gasteiger partial charge >= 0.3 is 5.97 Å². The summed E-state index contributed by atoms with van der Waals surface area (Å²) in [5.74, 6) is 0.000785. The fraction of sp³-hybridized carbons (Fsp3) is 0.621. The van der Waals surface area contributed by atoms with Crippen LogP contribution in [-0.2, 0) is 19.0 Å². The van der Waals surface area contributed by atoms with E-state index >= 15 is 0 Å². The molecule has 0 radical (unpaired) electrons. The van der Waals surface area contributed by atoms with Gasteiger partial charge in [-0.1, -0.05) is 38.1 Å². The van der Waals surface area contributed by atoms with Crippen molar-refractivity contribution in [3.63, 3.8) is 0 Å². The lowest BCUT2D eigenvalue weighted by Crippen LogP contribution is -2.62. The van der Waals surface area contributed by atoms with Crippen LogP contribution in [0.3, 0.4) is 0 Å². The Kier molecular flexibility index (Phi) is 6.47. The van der Waals surface area contributed by atoms with Crippen molar-refractivity contribution in [3.05, 3.63) is 58.2 Å². The third-order valence-electron chi connectivity index (χ3n) is 9.30. The highest BCUT2D eigenvalue weighted by Gasteiger charge is 2.60. The van der Waals surface area contributed by atoms with Gasteiger partial charge in [0, 0.05) is 11.5 Å². The lowest BCUT2D eigenvalue weighted by molar-refractivity contribution is -0.384. The van der Waals surface area contributed by atoms with Gasteiger partial charge in [-0.15, -0.1) is 0 Å². The van der Waals surface area contributed by atoms with Crippen LogP contribution in [0.1, 0.15) is 59.8 Å². The van der Waals surface area contributed by atoms with Gasteiger partial charge in [0.2, 0.25) is 0 Å². The fourth-order valence-corrected chi connectivity index (χ4v) is 7.35. The van der Waals surface area contributed by atoms with E-state index in [4.69, 9.17) is 18.9 Å². The summed E-state index contributed by atoms with van der Waals surface area (Å²) in [6.45, 7) is 13.9. The molecule has 37 heavy (non-hydrogen) atoms. The second-order valence-electron chi connectivity index (χ2n) is 12.0. The number of carbonyl (C=O) groups excluding carboxylic acids is 1. The summed E-state index contributed by atoms with van der Waals surface area (Å²) in [5.41, 5.74) is 1.56. The SMILES string of the molecule is C=C1CC[C@H]2[C@@](C)(CCC3OC(C)(C)OC[C@]32C)C1C/C=C1/C(=O)OC[C@H]1Oc1cccc([N+](=O)[O-])c1. The van der Waals surface area contributed by atoms with Gasteiger partial charge in [-0.2, -0.15) is 0 Å². The van der Waals surface area contributed by atoms with Crippen LogP contribution in [-0.4, -0.2) is 42.1 Å². The maximum atomic E-state index is 12.6. The number of nitrogens with zero attached hydrogens (tertiary/aromatic N) is 1. The molecular weight excluding hydrogens is 474 g/mol. The summed E-state index contributed by atoms with van der Waals surface area (Å²) in [6, 6.07) is 5.99. The average molecular weight is 512 g/mol. The quantitative estimate of drug-likeness (QED) is 0.163. The highest BCUT2D eigenvalue weighted by atomic mass is 16.7. The number of benzene rings is 1. The van der Waals surface area contributed by atoms with Crippen LogP contribution in [0, 0.1) is 32.8 Å². The van der Waals surface area contributed by atoms with E-state index in [-0.39, 0.29) is 35.1 Å². The Bertz CT molecular complexity index is 1140. The predicted octanol–water partition coefficient (Wildman–Crippen LogP) is 5.76. The highest BCUT2D eigenvalue weighted by molar-refractivity contribution is 5.91. The van der Waals surface area contributed by atoms with Crippen molar-refractivity contribution in [2.45, 2.75) is 77.8 Å². The molecule has 2 saturated carbocycles. The van der Waals surface area contributed by atoms with E-state index in [1.54, 1.807) is 12.1 Å². The van der Waals surface area contributed by atoms with Crippen molar-refractivity contribution in [1.29, 1.82) is 0 Å². The van der Waals surface area contributed by atoms with Gasteiger partial charge in [0.25, 0.3) is 5.69 Å². The van der Waals surface area contributed by atoms with Crippen molar-refractivity contribution in [2.75, 3.05) is 13.2 Å². The zero-order valence-electron chi connectivity index (χ0n) is 22.2. The predicted molar refractivity (Wildman–Crippen MR) is 137 cm³/mol. The lowest BCUT2D eigenvalue weighted by atomic mass is 9.46. The number of hydrogen-bond acceptors (Lipinski definition) is 7. The Morgan fingerprint density at radius 2 is 2.00 bits per heavy atom. The number of cyclic esters (lactones) is 1. The molecule has 1 aromatic carbocycles. The van der Waals surface area contributed by atoms with Crippen molar-refractivity contribution in [2.24, 2.45) is 22.7 Å². The average Bonchev–Trinajstić information content (AvgIpc) is 3.18. The Hall–Kier alpha value is -2.71. The van der Waals surface area contributed by atoms with Crippen LogP contribution in [0.15, 0.2) is 48.1 Å². The van der Waals surface area contributed by atoms with Crippen molar-refractivity contribution >= 4 is 11.7 Å². The largest absolute Gasteiger partial charge is 0.482 e. The number of nitro benzene ring substituents is 1. The Morgan fingerprint density at radius 3 is 2.76 bits per heavy atom. The molecule has 2 heterocycles. The minimum absolute atomic E-state index is 0.00471. The first-order valence-corrected chi connectivity index (χ1v) is 13.2. The van der Waals surface area contributed by atoms with E-state index in [2.05, 4.69) is 20.4 Å². The van der Waals surface area contributed by atoms with E-state index in [0.717, 1.165) is 25.7 Å². The number of esters is 1. The molecule has 2 aliphatic heterocycles. The maximum absolute atomic E-state index is 12.6. The third-order valence-corrected chi connectivity index (χ3v) is 9.30. The van der Waals surface area contributed by atoms with E-state index in [1.807, 2.05) is 19.9 Å². The molecule has 5 rings (SSSR count). The zero-order valence-corrected chi connectivity index (χ0v) is 22.2. The number of carbonyl (C=O) groups is 1. The molecule has 200 valence electrons. The minimum Gasteiger partial charge on any atom is -0.482 e. The standard InChI is InChI=1S/C29H37NO7/c1-18-9-12-24-28(4,14-13-25-29(24,5)17-35-27(2,3)37-25)22(18)11-10-21-23(16-34-26(21)31)36-20-8-6-7-19(15-20)30(32)33/h6-8,10,15,22-25H,1,9,11-14,16-17H2,2-5H3/b21-10+/t22?,23-,24+,25?,28+,29+/m1/s1. The summed E-state index contributed by atoms with van der Waals surface area (Å²) in [4.78, 5) is 23.3. The van der Waals surface area contributed by atoms with Crippen LogP contribution < -0.4 is 4.74 Å². The van der Waals surface area contributed by atoms with Crippen molar-refractivity contribution < 1.29 is 28.7 Å². The van der Waals surface area contributed by atoms with Gasteiger partial charge in [-0.05, 0) is 69.3 Å². The molecule has 0 spiro atoms. The van der Waals surface area contributed by atoms with E-state index in [9.17, 15) is 14.9 Å². The molecule has 0 aromatic heterocycles. The molecule has 2 saturated heterocycles. The normalized spacial score (nSPS) is 38.0. The highest BCUT2D eigenvalue weighted by Crippen LogP contribution is 2.63. The number of allylic oxidation sites excluding steroid dienone is 2. The van der Waals surface area contributed by atoms with Gasteiger partial charge in [-0.25, -0.2) is 4.79 Å². The molecule has 0 amide bonds. The summed E-state index contributed by atoms with van der Waals surface area (Å²) in [7, 11) is 0. The zero-order chi connectivity index (χ0) is 26.6. The van der Waals surface area contributed by atoms with Crippen LogP contribution >= 0.6 is 0 Å². The Morgan fingerprint density at radius 1 is 1.22 bits per heavy atom. The van der Waals surface area contributed by atoms with E-state index in [0.29, 0.717) is 30.3 Å².